The number of methoxy groups -OCH3 is 1. The van der Waals surface area contributed by atoms with Crippen molar-refractivity contribution >= 4 is 29.1 Å². The van der Waals surface area contributed by atoms with Gasteiger partial charge in [-0.05, 0) is 50.6 Å². The molecule has 1 aromatic heterocycles. The normalized spacial score (nSPS) is 15.2. The number of ether oxygens (including phenoxy) is 1. The molecule has 2 heterocycles. The predicted octanol–water partition coefficient (Wildman–Crippen LogP) is 2.97. The van der Waals surface area contributed by atoms with Gasteiger partial charge < -0.3 is 20.7 Å². The van der Waals surface area contributed by atoms with Crippen molar-refractivity contribution in [3.8, 4) is 11.4 Å². The fourth-order valence-electron chi connectivity index (χ4n) is 3.82. The molecule has 170 valence electrons. The van der Waals surface area contributed by atoms with Gasteiger partial charge in [0.15, 0.2) is 0 Å². The number of nitrogens with one attached hydrogen (secondary N) is 3. The molecule has 3 amide bonds. The maximum absolute atomic E-state index is 12.5. The number of benzene rings is 2. The SMILES string of the molecule is COc1cc(NC(=O)CC[C@H]2NC(=O)c3ccccc3NC2=O)ccc1-n1nc(C)cc1C. The van der Waals surface area contributed by atoms with Gasteiger partial charge in [-0.3, -0.25) is 14.4 Å². The van der Waals surface area contributed by atoms with Crippen molar-refractivity contribution in [1.29, 1.82) is 0 Å². The van der Waals surface area contributed by atoms with Crippen molar-refractivity contribution < 1.29 is 19.1 Å². The summed E-state index contributed by atoms with van der Waals surface area (Å²) in [5.74, 6) is -0.414. The van der Waals surface area contributed by atoms with Crippen LogP contribution in [0.4, 0.5) is 11.4 Å². The first-order valence-electron chi connectivity index (χ1n) is 10.6. The maximum atomic E-state index is 12.5. The molecule has 1 aliphatic heterocycles. The van der Waals surface area contributed by atoms with Crippen LogP contribution < -0.4 is 20.7 Å². The van der Waals surface area contributed by atoms with E-state index in [1.807, 2.05) is 26.0 Å². The monoisotopic (exact) mass is 447 g/mol. The fraction of sp³-hybridized carbons (Fsp3) is 0.250. The molecule has 0 saturated heterocycles. The third-order valence-corrected chi connectivity index (χ3v) is 5.41. The average Bonchev–Trinajstić information content (AvgIpc) is 3.07. The van der Waals surface area contributed by atoms with Crippen LogP contribution >= 0.6 is 0 Å². The maximum Gasteiger partial charge on any atom is 0.254 e. The number of amides is 3. The Hall–Kier alpha value is -4.14. The zero-order valence-corrected chi connectivity index (χ0v) is 18.6. The highest BCUT2D eigenvalue weighted by Crippen LogP contribution is 2.28. The van der Waals surface area contributed by atoms with Crippen LogP contribution in [0.3, 0.4) is 0 Å². The number of carbonyl (C=O) groups excluding carboxylic acids is 3. The van der Waals surface area contributed by atoms with Gasteiger partial charge in [-0.15, -0.1) is 0 Å². The summed E-state index contributed by atoms with van der Waals surface area (Å²) < 4.78 is 7.28. The average molecular weight is 447 g/mol. The molecule has 1 atom stereocenters. The van der Waals surface area contributed by atoms with Crippen LogP contribution in [0, 0.1) is 13.8 Å². The second-order valence-corrected chi connectivity index (χ2v) is 7.87. The van der Waals surface area contributed by atoms with Crippen LogP contribution in [-0.2, 0) is 9.59 Å². The Balaban J connectivity index is 1.40. The van der Waals surface area contributed by atoms with Crippen molar-refractivity contribution in [2.45, 2.75) is 32.7 Å². The molecule has 4 rings (SSSR count). The molecule has 9 heteroatoms. The van der Waals surface area contributed by atoms with E-state index >= 15 is 0 Å². The van der Waals surface area contributed by atoms with Gasteiger partial charge in [0.05, 0.1) is 24.1 Å². The van der Waals surface area contributed by atoms with Gasteiger partial charge in [-0.25, -0.2) is 4.68 Å². The van der Waals surface area contributed by atoms with Crippen LogP contribution in [0.1, 0.15) is 34.6 Å². The molecule has 0 aliphatic carbocycles. The van der Waals surface area contributed by atoms with E-state index in [0.29, 0.717) is 22.7 Å². The van der Waals surface area contributed by atoms with Gasteiger partial charge >= 0.3 is 0 Å². The van der Waals surface area contributed by atoms with Gasteiger partial charge in [0.25, 0.3) is 5.91 Å². The third kappa shape index (κ3) is 4.72. The van der Waals surface area contributed by atoms with E-state index in [1.165, 1.54) is 0 Å². The summed E-state index contributed by atoms with van der Waals surface area (Å²) >= 11 is 0. The lowest BCUT2D eigenvalue weighted by Gasteiger charge is -2.15. The minimum absolute atomic E-state index is 0.0518. The van der Waals surface area contributed by atoms with E-state index in [1.54, 1.807) is 48.2 Å². The minimum Gasteiger partial charge on any atom is -0.494 e. The second kappa shape index (κ2) is 9.15. The molecule has 2 aromatic carbocycles. The molecule has 0 spiro atoms. The zero-order chi connectivity index (χ0) is 23.5. The summed E-state index contributed by atoms with van der Waals surface area (Å²) in [5, 5.41) is 12.7. The van der Waals surface area contributed by atoms with E-state index in [2.05, 4.69) is 21.0 Å². The first kappa shape index (κ1) is 22.1. The summed E-state index contributed by atoms with van der Waals surface area (Å²) in [4.78, 5) is 37.5. The lowest BCUT2D eigenvalue weighted by molar-refractivity contribution is -0.118. The number of aromatic nitrogens is 2. The Kier molecular flexibility index (Phi) is 6.12. The molecule has 1 aliphatic rings. The number of hydrogen-bond acceptors (Lipinski definition) is 5. The van der Waals surface area contributed by atoms with Crippen LogP contribution in [0.5, 0.6) is 5.75 Å². The van der Waals surface area contributed by atoms with Crippen molar-refractivity contribution in [3.63, 3.8) is 0 Å². The molecule has 0 unspecified atom stereocenters. The first-order valence-corrected chi connectivity index (χ1v) is 10.6. The van der Waals surface area contributed by atoms with Gasteiger partial charge in [-0.1, -0.05) is 12.1 Å². The highest BCUT2D eigenvalue weighted by Gasteiger charge is 2.27. The standard InChI is InChI=1S/C24H25N5O4/c1-14-12-15(2)29(28-14)20-10-8-16(13-21(20)33-3)25-22(30)11-9-19-24(32)26-18-7-5-4-6-17(18)23(31)27-19/h4-8,10,12-13,19H,9,11H2,1-3H3,(H,25,30)(H,26,32)(H,27,31)/t19-/m1/s1. The Morgan fingerprint density at radius 1 is 1.15 bits per heavy atom. The quantitative estimate of drug-likeness (QED) is 0.538. The summed E-state index contributed by atoms with van der Waals surface area (Å²) in [5.41, 5.74) is 4.04. The Morgan fingerprint density at radius 2 is 1.94 bits per heavy atom. The zero-order valence-electron chi connectivity index (χ0n) is 18.6. The number of nitrogens with zero attached hydrogens (tertiary/aromatic N) is 2. The third-order valence-electron chi connectivity index (χ3n) is 5.41. The summed E-state index contributed by atoms with van der Waals surface area (Å²) in [6.45, 7) is 3.87. The van der Waals surface area contributed by atoms with E-state index in [0.717, 1.165) is 17.1 Å². The highest BCUT2D eigenvalue weighted by atomic mass is 16.5. The van der Waals surface area contributed by atoms with Crippen LogP contribution in [0.2, 0.25) is 0 Å². The van der Waals surface area contributed by atoms with E-state index in [4.69, 9.17) is 4.74 Å². The van der Waals surface area contributed by atoms with Crippen LogP contribution in [-0.4, -0.2) is 40.7 Å². The number of fused-ring (bicyclic) bond motifs is 1. The largest absolute Gasteiger partial charge is 0.494 e. The molecular weight excluding hydrogens is 422 g/mol. The van der Waals surface area contributed by atoms with Crippen molar-refractivity contribution in [1.82, 2.24) is 15.1 Å². The number of carbonyl (C=O) groups is 3. The minimum atomic E-state index is -0.807. The highest BCUT2D eigenvalue weighted by molar-refractivity contribution is 6.10. The topological polar surface area (TPSA) is 114 Å². The summed E-state index contributed by atoms with van der Waals surface area (Å²) in [6, 6.07) is 13.3. The van der Waals surface area contributed by atoms with E-state index in [9.17, 15) is 14.4 Å². The molecule has 0 fully saturated rings. The molecule has 3 aromatic rings. The Labute approximate surface area is 191 Å². The lowest BCUT2D eigenvalue weighted by Crippen LogP contribution is -2.41. The number of hydrogen-bond donors (Lipinski definition) is 3. The molecule has 9 nitrogen and oxygen atoms in total. The Bertz CT molecular complexity index is 1230. The summed E-state index contributed by atoms with van der Waals surface area (Å²) in [6.07, 6.45) is 0.217. The van der Waals surface area contributed by atoms with Crippen LogP contribution in [0.15, 0.2) is 48.5 Å². The molecular formula is C24H25N5O4. The smallest absolute Gasteiger partial charge is 0.254 e. The second-order valence-electron chi connectivity index (χ2n) is 7.87. The lowest BCUT2D eigenvalue weighted by atomic mass is 10.1. The molecule has 0 bridgehead atoms. The summed E-state index contributed by atoms with van der Waals surface area (Å²) in [7, 11) is 1.56. The van der Waals surface area contributed by atoms with Gasteiger partial charge in [0, 0.05) is 23.9 Å². The number of aryl methyl sites for hydroxylation is 2. The van der Waals surface area contributed by atoms with Gasteiger partial charge in [0.1, 0.15) is 17.5 Å². The molecule has 0 saturated carbocycles. The van der Waals surface area contributed by atoms with Crippen molar-refractivity contribution in [2.75, 3.05) is 17.7 Å². The number of rotatable bonds is 6. The first-order chi connectivity index (χ1) is 15.9. The Morgan fingerprint density at radius 3 is 2.67 bits per heavy atom. The van der Waals surface area contributed by atoms with Crippen molar-refractivity contribution in [3.05, 3.63) is 65.5 Å². The van der Waals surface area contributed by atoms with Gasteiger partial charge in [0.2, 0.25) is 11.8 Å². The molecule has 33 heavy (non-hydrogen) atoms. The molecule has 3 N–H and O–H groups in total. The van der Waals surface area contributed by atoms with Crippen molar-refractivity contribution in [2.24, 2.45) is 0 Å². The fourth-order valence-corrected chi connectivity index (χ4v) is 3.82. The van der Waals surface area contributed by atoms with E-state index in [-0.39, 0.29) is 30.6 Å². The number of para-hydroxylation sites is 1. The van der Waals surface area contributed by atoms with Gasteiger partial charge in [-0.2, -0.15) is 5.10 Å². The van der Waals surface area contributed by atoms with E-state index < -0.39 is 6.04 Å². The van der Waals surface area contributed by atoms with Crippen LogP contribution in [0.25, 0.3) is 5.69 Å². The predicted molar refractivity (Wildman–Crippen MR) is 124 cm³/mol. The molecule has 0 radical (unpaired) electrons. The number of anilines is 2.